The van der Waals surface area contributed by atoms with Crippen molar-refractivity contribution in [2.45, 2.75) is 45.6 Å². The quantitative estimate of drug-likeness (QED) is 0.774. The fourth-order valence-corrected chi connectivity index (χ4v) is 3.84. The predicted molar refractivity (Wildman–Crippen MR) is 109 cm³/mol. The molecule has 1 atom stereocenters. The van der Waals surface area contributed by atoms with Crippen LogP contribution in [0, 0.1) is 0 Å². The van der Waals surface area contributed by atoms with Crippen molar-refractivity contribution in [1.29, 1.82) is 0 Å². The average Bonchev–Trinajstić information content (AvgIpc) is 3.12. The van der Waals surface area contributed by atoms with E-state index in [1.807, 2.05) is 18.2 Å². The molecule has 0 saturated heterocycles. The van der Waals surface area contributed by atoms with Crippen LogP contribution in [-0.2, 0) is 0 Å². The summed E-state index contributed by atoms with van der Waals surface area (Å²) in [5, 5.41) is 10.0. The van der Waals surface area contributed by atoms with Crippen molar-refractivity contribution in [3.05, 3.63) is 65.2 Å². The van der Waals surface area contributed by atoms with E-state index in [1.54, 1.807) is 0 Å². The van der Waals surface area contributed by atoms with E-state index in [0.29, 0.717) is 11.8 Å². The molecule has 0 radical (unpaired) electrons. The van der Waals surface area contributed by atoms with Gasteiger partial charge in [-0.05, 0) is 17.4 Å². The first kappa shape index (κ1) is 18.7. The molecule has 0 aromatic heterocycles. The van der Waals surface area contributed by atoms with E-state index in [1.165, 1.54) is 16.8 Å². The van der Waals surface area contributed by atoms with E-state index in [2.05, 4.69) is 73.8 Å². The Morgan fingerprint density at radius 1 is 0.923 bits per heavy atom. The molecule has 0 aliphatic carbocycles. The number of aliphatic hydroxyl groups is 1. The van der Waals surface area contributed by atoms with Crippen LogP contribution in [0.2, 0.25) is 0 Å². The normalized spacial score (nSPS) is 15.7. The molecular weight excluding hydrogens is 320 g/mol. The molecule has 0 saturated carbocycles. The molecular formula is C23H31N2O+. The molecule has 1 unspecified atom stereocenters. The number of anilines is 1. The molecule has 138 valence electrons. The van der Waals surface area contributed by atoms with E-state index in [-0.39, 0.29) is 12.6 Å². The summed E-state index contributed by atoms with van der Waals surface area (Å²) in [4.78, 5) is 2.39. The van der Waals surface area contributed by atoms with E-state index in [9.17, 15) is 5.11 Å². The predicted octanol–water partition coefficient (Wildman–Crippen LogP) is 4.53. The lowest BCUT2D eigenvalue weighted by molar-refractivity contribution is -0.562. The van der Waals surface area contributed by atoms with Crippen molar-refractivity contribution >= 4 is 12.0 Å². The highest BCUT2D eigenvalue weighted by atomic mass is 16.3. The largest absolute Gasteiger partial charge is 0.392 e. The lowest BCUT2D eigenvalue weighted by Crippen LogP contribution is -2.23. The van der Waals surface area contributed by atoms with Crippen LogP contribution in [0.25, 0.3) is 0 Å². The maximum absolute atomic E-state index is 10.0. The van der Waals surface area contributed by atoms with Gasteiger partial charge >= 0.3 is 0 Å². The van der Waals surface area contributed by atoms with Crippen LogP contribution < -0.4 is 4.90 Å². The zero-order valence-corrected chi connectivity index (χ0v) is 16.4. The number of nitrogens with zero attached hydrogens (tertiary/aromatic N) is 2. The number of rotatable bonds is 6. The summed E-state index contributed by atoms with van der Waals surface area (Å²) >= 11 is 0. The Hall–Kier alpha value is -2.13. The third kappa shape index (κ3) is 3.68. The standard InChI is InChI=1S/C23H31N2O/c1-17(2)20-11-8-12-21(18(3)4)23(20)25-14-13-24(16-25)22(15-26)19-9-6-5-7-10-19/h5-12,16-18,22,26H,13-15H2,1-4H3/q+1. The van der Waals surface area contributed by atoms with Gasteiger partial charge in [0.15, 0.2) is 0 Å². The summed E-state index contributed by atoms with van der Waals surface area (Å²) in [5.41, 5.74) is 5.31. The Kier molecular flexibility index (Phi) is 5.77. The van der Waals surface area contributed by atoms with Crippen LogP contribution in [-0.4, -0.2) is 35.7 Å². The molecule has 2 aromatic rings. The monoisotopic (exact) mass is 351 g/mol. The maximum atomic E-state index is 10.0. The van der Waals surface area contributed by atoms with Crippen LogP contribution >= 0.6 is 0 Å². The van der Waals surface area contributed by atoms with E-state index < -0.39 is 0 Å². The maximum Gasteiger partial charge on any atom is 0.240 e. The second-order valence-corrected chi connectivity index (χ2v) is 7.75. The summed E-state index contributed by atoms with van der Waals surface area (Å²) in [7, 11) is 0. The number of benzene rings is 2. The highest BCUT2D eigenvalue weighted by molar-refractivity contribution is 5.81. The fourth-order valence-electron chi connectivity index (χ4n) is 3.84. The second kappa shape index (κ2) is 8.05. The molecule has 1 aliphatic rings. The Bertz CT molecular complexity index is 739. The third-order valence-corrected chi connectivity index (χ3v) is 5.27. The number of hydrogen-bond donors (Lipinski definition) is 1. The number of para-hydroxylation sites is 1. The van der Waals surface area contributed by atoms with Crippen LogP contribution in [0.1, 0.15) is 62.3 Å². The van der Waals surface area contributed by atoms with Gasteiger partial charge in [-0.25, -0.2) is 4.90 Å². The average molecular weight is 352 g/mol. The second-order valence-electron chi connectivity index (χ2n) is 7.75. The molecule has 1 heterocycles. The van der Waals surface area contributed by atoms with Crippen LogP contribution in [0.5, 0.6) is 0 Å². The number of aliphatic hydroxyl groups excluding tert-OH is 1. The molecule has 26 heavy (non-hydrogen) atoms. The minimum absolute atomic E-state index is 0.00918. The summed E-state index contributed by atoms with van der Waals surface area (Å²) in [6.07, 6.45) is 2.21. The summed E-state index contributed by atoms with van der Waals surface area (Å²) in [6.45, 7) is 11.0. The van der Waals surface area contributed by atoms with E-state index in [4.69, 9.17) is 0 Å². The van der Waals surface area contributed by atoms with Crippen molar-refractivity contribution in [2.75, 3.05) is 24.6 Å². The summed E-state index contributed by atoms with van der Waals surface area (Å²) in [5.74, 6) is 0.961. The van der Waals surface area contributed by atoms with Crippen molar-refractivity contribution in [3.63, 3.8) is 0 Å². The molecule has 1 N–H and O–H groups in total. The molecule has 0 bridgehead atoms. The van der Waals surface area contributed by atoms with Gasteiger partial charge in [-0.3, -0.25) is 4.58 Å². The van der Waals surface area contributed by atoms with Gasteiger partial charge in [-0.1, -0.05) is 76.2 Å². The molecule has 3 nitrogen and oxygen atoms in total. The van der Waals surface area contributed by atoms with Gasteiger partial charge in [0.05, 0.1) is 6.61 Å². The highest BCUT2D eigenvalue weighted by Crippen LogP contribution is 2.35. The number of hydrogen-bond acceptors (Lipinski definition) is 2. The fraction of sp³-hybridized carbons (Fsp3) is 0.435. The van der Waals surface area contributed by atoms with Gasteiger partial charge in [0.2, 0.25) is 6.34 Å². The van der Waals surface area contributed by atoms with Crippen molar-refractivity contribution in [2.24, 2.45) is 0 Å². The zero-order valence-electron chi connectivity index (χ0n) is 16.4. The highest BCUT2D eigenvalue weighted by Gasteiger charge is 2.31. The van der Waals surface area contributed by atoms with Gasteiger partial charge in [0.25, 0.3) is 0 Å². The zero-order chi connectivity index (χ0) is 18.7. The van der Waals surface area contributed by atoms with Gasteiger partial charge < -0.3 is 5.11 Å². The topological polar surface area (TPSA) is 26.5 Å². The van der Waals surface area contributed by atoms with Gasteiger partial charge in [0, 0.05) is 11.1 Å². The Balaban J connectivity index is 1.99. The Labute approximate surface area is 157 Å². The smallest absolute Gasteiger partial charge is 0.240 e. The first-order chi connectivity index (χ1) is 12.5. The molecule has 0 fully saturated rings. The van der Waals surface area contributed by atoms with Gasteiger partial charge in [-0.15, -0.1) is 0 Å². The van der Waals surface area contributed by atoms with Crippen LogP contribution in [0.3, 0.4) is 0 Å². The molecule has 2 aromatic carbocycles. The lowest BCUT2D eigenvalue weighted by atomic mass is 9.92. The minimum atomic E-state index is 0.00918. The van der Waals surface area contributed by atoms with Gasteiger partial charge in [-0.2, -0.15) is 0 Å². The van der Waals surface area contributed by atoms with Crippen LogP contribution in [0.4, 0.5) is 5.69 Å². The molecule has 0 amide bonds. The lowest BCUT2D eigenvalue weighted by Gasteiger charge is -2.20. The molecule has 3 heteroatoms. The molecule has 0 spiro atoms. The summed E-state index contributed by atoms with van der Waals surface area (Å²) < 4.78 is 2.27. The van der Waals surface area contributed by atoms with Crippen LogP contribution in [0.15, 0.2) is 48.5 Å². The first-order valence-corrected chi connectivity index (χ1v) is 9.69. The van der Waals surface area contributed by atoms with E-state index >= 15 is 0 Å². The Morgan fingerprint density at radius 3 is 2.08 bits per heavy atom. The van der Waals surface area contributed by atoms with Gasteiger partial charge in [0.1, 0.15) is 24.8 Å². The Morgan fingerprint density at radius 2 is 1.54 bits per heavy atom. The van der Waals surface area contributed by atoms with E-state index in [0.717, 1.165) is 18.7 Å². The van der Waals surface area contributed by atoms with Crippen molar-refractivity contribution in [3.8, 4) is 0 Å². The summed E-state index contributed by atoms with van der Waals surface area (Å²) in [6, 6.07) is 17.0. The minimum Gasteiger partial charge on any atom is -0.392 e. The van der Waals surface area contributed by atoms with Crippen molar-refractivity contribution < 1.29 is 9.68 Å². The first-order valence-electron chi connectivity index (χ1n) is 9.69. The SMILES string of the molecule is CC(C)c1cccc(C(C)C)c1N1C=[N+](C(CO)c2ccccc2)CC1. The molecule has 3 rings (SSSR count). The third-order valence-electron chi connectivity index (χ3n) is 5.27. The van der Waals surface area contributed by atoms with Crippen molar-refractivity contribution in [1.82, 2.24) is 0 Å². The molecule has 1 aliphatic heterocycles.